The zero-order valence-electron chi connectivity index (χ0n) is 39.1. The van der Waals surface area contributed by atoms with Crippen LogP contribution in [-0.4, -0.2) is 126 Å². The van der Waals surface area contributed by atoms with Crippen LogP contribution in [0.3, 0.4) is 0 Å². The molecule has 0 rings (SSSR count). The molecule has 9 atom stereocenters. The number of aliphatic carboxylic acids is 1. The number of amides is 8. The molecule has 0 aliphatic carbocycles. The Labute approximate surface area is 372 Å². The van der Waals surface area contributed by atoms with E-state index in [0.29, 0.717) is 25.0 Å². The molecule has 62 heavy (non-hydrogen) atoms. The van der Waals surface area contributed by atoms with Gasteiger partial charge in [-0.05, 0) is 60.4 Å². The molecule has 0 radical (unpaired) electrons. The van der Waals surface area contributed by atoms with Gasteiger partial charge in [0.15, 0.2) is 0 Å². The van der Waals surface area contributed by atoms with Crippen LogP contribution in [0.5, 0.6) is 0 Å². The van der Waals surface area contributed by atoms with Crippen LogP contribution in [0.4, 0.5) is 0 Å². The highest BCUT2D eigenvalue weighted by molar-refractivity contribution is 7.98. The molecule has 0 saturated carbocycles. The average Bonchev–Trinajstić information content (AvgIpc) is 3.20. The molecule has 20 heteroatoms. The fraction of sp³-hybridized carbons (Fsp3) is 0.786. The molecule has 0 aliphatic heterocycles. The lowest BCUT2D eigenvalue weighted by Gasteiger charge is -2.29. The molecule has 0 unspecified atom stereocenters. The Morgan fingerprint density at radius 1 is 0.516 bits per heavy atom. The summed E-state index contributed by atoms with van der Waals surface area (Å²) in [5, 5.41) is 30.2. The van der Waals surface area contributed by atoms with Crippen molar-refractivity contribution < 1.29 is 48.3 Å². The molecule has 0 aromatic heterocycles. The second-order valence-corrected chi connectivity index (χ2v) is 18.4. The summed E-state index contributed by atoms with van der Waals surface area (Å²) in [5.74, 6) is -7.72. The highest BCUT2D eigenvalue weighted by atomic mass is 32.2. The number of carboxylic acids is 1. The summed E-state index contributed by atoms with van der Waals surface area (Å²) in [7, 11) is 0. The molecular weight excluding hydrogens is 823 g/mol. The number of carbonyl (C=O) groups is 9. The predicted octanol–water partition coefficient (Wildman–Crippen LogP) is 0.399. The second-order valence-electron chi connectivity index (χ2n) is 17.4. The quantitative estimate of drug-likeness (QED) is 0.0488. The predicted molar refractivity (Wildman–Crippen MR) is 239 cm³/mol. The van der Waals surface area contributed by atoms with Gasteiger partial charge in [-0.2, -0.15) is 11.8 Å². The molecule has 0 fully saturated rings. The number of carbonyl (C=O) groups excluding carboxylic acids is 8. The molecule has 11 N–H and O–H groups in total. The van der Waals surface area contributed by atoms with Crippen LogP contribution in [0.2, 0.25) is 0 Å². The first-order valence-electron chi connectivity index (χ1n) is 21.7. The van der Waals surface area contributed by atoms with E-state index in [1.807, 2.05) is 40.9 Å². The minimum Gasteiger partial charge on any atom is -0.480 e. The molecule has 0 aromatic rings. The summed E-state index contributed by atoms with van der Waals surface area (Å²) in [6.07, 6.45) is 3.50. The van der Waals surface area contributed by atoms with Crippen molar-refractivity contribution in [3.05, 3.63) is 0 Å². The highest BCUT2D eigenvalue weighted by Crippen LogP contribution is 2.13. The van der Waals surface area contributed by atoms with Crippen molar-refractivity contribution in [2.45, 2.75) is 151 Å². The lowest BCUT2D eigenvalue weighted by atomic mass is 9.97. The molecule has 0 bridgehead atoms. The van der Waals surface area contributed by atoms with Crippen molar-refractivity contribution in [2.75, 3.05) is 25.1 Å². The van der Waals surface area contributed by atoms with Gasteiger partial charge in [0.1, 0.15) is 36.3 Å². The summed E-state index contributed by atoms with van der Waals surface area (Å²) in [6, 6.07) is -7.37. The fourth-order valence-corrected chi connectivity index (χ4v) is 6.52. The monoisotopic (exact) mass is 900 g/mol. The van der Waals surface area contributed by atoms with E-state index in [1.54, 1.807) is 48.5 Å². The van der Waals surface area contributed by atoms with Crippen LogP contribution in [0.25, 0.3) is 0 Å². The molecule has 0 aliphatic rings. The zero-order valence-corrected chi connectivity index (χ0v) is 39.9. The number of hydrogen-bond acceptors (Lipinski definition) is 11. The van der Waals surface area contributed by atoms with Crippen LogP contribution >= 0.6 is 11.8 Å². The Morgan fingerprint density at radius 2 is 0.935 bits per heavy atom. The van der Waals surface area contributed by atoms with Crippen molar-refractivity contribution in [1.29, 1.82) is 0 Å². The molecule has 356 valence electrons. The number of thioether (sulfide) groups is 1. The summed E-state index contributed by atoms with van der Waals surface area (Å²) in [5.41, 5.74) is 6.11. The Morgan fingerprint density at radius 3 is 1.37 bits per heavy atom. The van der Waals surface area contributed by atoms with E-state index in [-0.39, 0.29) is 24.2 Å². The van der Waals surface area contributed by atoms with E-state index < -0.39 is 126 Å². The average molecular weight is 900 g/mol. The minimum absolute atomic E-state index is 0.0927. The lowest BCUT2D eigenvalue weighted by molar-refractivity contribution is -0.143. The van der Waals surface area contributed by atoms with E-state index >= 15 is 0 Å². The Kier molecular flexibility index (Phi) is 26.9. The second kappa shape index (κ2) is 29.0. The van der Waals surface area contributed by atoms with Gasteiger partial charge >= 0.3 is 5.97 Å². The van der Waals surface area contributed by atoms with E-state index in [4.69, 9.17) is 5.73 Å². The van der Waals surface area contributed by atoms with Crippen molar-refractivity contribution in [3.63, 3.8) is 0 Å². The lowest BCUT2D eigenvalue weighted by Crippen LogP contribution is -2.60. The van der Waals surface area contributed by atoms with E-state index in [9.17, 15) is 48.3 Å². The van der Waals surface area contributed by atoms with Gasteiger partial charge in [-0.25, -0.2) is 4.79 Å². The zero-order chi connectivity index (χ0) is 48.0. The van der Waals surface area contributed by atoms with Crippen LogP contribution < -0.4 is 48.3 Å². The number of nitrogens with one attached hydrogen (secondary N) is 8. The summed E-state index contributed by atoms with van der Waals surface area (Å²) in [4.78, 5) is 118. The number of carboxylic acid groups (broad SMARTS) is 1. The standard InChI is InChI=1S/C42H77N9O10S/c1-14-25(11)31(43)38(56)46-27(16-17-62-13)36(54)51-35(26(12)15-2)40(58)45-19-29(52)48-33(23(7)8)41(59)47-28(18-21(3)4)37(55)50-32(22(5)6)39(57)44-20-30(53)49-34(24(9)10)42(60)61/h21-28,31-35H,14-20,43H2,1-13H3,(H,44,57)(H,45,58)(H,46,56)(H,47,59)(H,48,52)(H,49,53)(H,50,55)(H,51,54)(H,60,61)/t25-,26-,27-,28-,31-,32-,33-,34-,35-/m0/s1. The summed E-state index contributed by atoms with van der Waals surface area (Å²) in [6.45, 7) is 19.9. The van der Waals surface area contributed by atoms with Gasteiger partial charge in [-0.1, -0.05) is 95.9 Å². The van der Waals surface area contributed by atoms with Gasteiger partial charge in [0.2, 0.25) is 47.3 Å². The number of rotatable bonds is 29. The highest BCUT2D eigenvalue weighted by Gasteiger charge is 2.34. The molecule has 19 nitrogen and oxygen atoms in total. The largest absolute Gasteiger partial charge is 0.480 e. The normalized spacial score (nSPS) is 15.8. The third kappa shape index (κ3) is 20.6. The third-order valence-electron chi connectivity index (χ3n) is 10.5. The molecule has 8 amide bonds. The Balaban J connectivity index is 5.86. The van der Waals surface area contributed by atoms with Crippen molar-refractivity contribution in [1.82, 2.24) is 42.5 Å². The molecule has 0 saturated heterocycles. The number of nitrogens with two attached hydrogens (primary N) is 1. The maximum absolute atomic E-state index is 13.7. The van der Waals surface area contributed by atoms with Gasteiger partial charge < -0.3 is 53.4 Å². The maximum Gasteiger partial charge on any atom is 0.326 e. The van der Waals surface area contributed by atoms with Crippen molar-refractivity contribution in [3.8, 4) is 0 Å². The van der Waals surface area contributed by atoms with E-state index in [0.717, 1.165) is 0 Å². The van der Waals surface area contributed by atoms with Crippen molar-refractivity contribution in [2.24, 2.45) is 41.2 Å². The molecule has 0 heterocycles. The van der Waals surface area contributed by atoms with Gasteiger partial charge in [0, 0.05) is 0 Å². The first kappa shape index (κ1) is 57.5. The van der Waals surface area contributed by atoms with Crippen LogP contribution in [0, 0.1) is 35.5 Å². The third-order valence-corrected chi connectivity index (χ3v) is 11.2. The number of hydrogen-bond donors (Lipinski definition) is 10. The maximum atomic E-state index is 13.7. The van der Waals surface area contributed by atoms with Crippen LogP contribution in [0.15, 0.2) is 0 Å². The summed E-state index contributed by atoms with van der Waals surface area (Å²) < 4.78 is 0. The first-order chi connectivity index (χ1) is 28.8. The molecule has 0 aromatic carbocycles. The fourth-order valence-electron chi connectivity index (χ4n) is 6.05. The van der Waals surface area contributed by atoms with Gasteiger partial charge in [-0.15, -0.1) is 0 Å². The molecule has 0 spiro atoms. The van der Waals surface area contributed by atoms with E-state index in [1.165, 1.54) is 11.8 Å². The Hall–Kier alpha value is -4.46. The van der Waals surface area contributed by atoms with Crippen LogP contribution in [-0.2, 0) is 43.2 Å². The van der Waals surface area contributed by atoms with Crippen molar-refractivity contribution >= 4 is 65.0 Å². The topological polar surface area (TPSA) is 296 Å². The minimum atomic E-state index is -1.22. The first-order valence-corrected chi connectivity index (χ1v) is 23.0. The Bertz CT molecular complexity index is 1510. The summed E-state index contributed by atoms with van der Waals surface area (Å²) >= 11 is 1.49. The SMILES string of the molecule is CC[C@H](C)[C@H](N)C(=O)N[C@@H](CCSC)C(=O)N[C@H](C(=O)NCC(=O)N[C@H](C(=O)N[C@@H](CC(C)C)C(=O)N[C@H](C(=O)NCC(=O)N[C@H](C(=O)O)C(C)C)C(C)C)C(C)C)[C@@H](C)CC. The molecular formula is C42H77N9O10S. The van der Waals surface area contributed by atoms with Crippen LogP contribution in [0.1, 0.15) is 109 Å². The smallest absolute Gasteiger partial charge is 0.326 e. The van der Waals surface area contributed by atoms with E-state index in [2.05, 4.69) is 42.5 Å². The van der Waals surface area contributed by atoms with Gasteiger partial charge in [0.05, 0.1) is 19.1 Å². The van der Waals surface area contributed by atoms with Gasteiger partial charge in [-0.3, -0.25) is 38.4 Å². The van der Waals surface area contributed by atoms with Gasteiger partial charge in [0.25, 0.3) is 0 Å².